The monoisotopic (exact) mass is 359 g/mol. The number of fused-ring (bicyclic) bond motifs is 1. The van der Waals surface area contributed by atoms with E-state index in [0.29, 0.717) is 15.6 Å². The lowest BCUT2D eigenvalue weighted by atomic mass is 10.1. The van der Waals surface area contributed by atoms with Crippen LogP contribution in [0, 0.1) is 0 Å². The summed E-state index contributed by atoms with van der Waals surface area (Å²) < 4.78 is 0.867. The molecule has 0 bridgehead atoms. The highest BCUT2D eigenvalue weighted by atomic mass is 35.5. The Bertz CT molecular complexity index is 921. The molecule has 0 aliphatic carbocycles. The zero-order chi connectivity index (χ0) is 17.3. The van der Waals surface area contributed by atoms with Crippen molar-refractivity contribution in [2.75, 3.05) is 0 Å². The van der Waals surface area contributed by atoms with Crippen LogP contribution in [0.15, 0.2) is 42.5 Å². The number of halogens is 1. The van der Waals surface area contributed by atoms with E-state index in [1.165, 1.54) is 11.3 Å². The smallest absolute Gasteiger partial charge is 0.280 e. The third-order valence-corrected chi connectivity index (χ3v) is 4.84. The summed E-state index contributed by atoms with van der Waals surface area (Å²) in [6.45, 7) is 1.86. The van der Waals surface area contributed by atoms with E-state index in [1.807, 2.05) is 6.92 Å². The molecule has 0 aliphatic rings. The Morgan fingerprint density at radius 3 is 2.58 bits per heavy atom. The number of primary amides is 1. The van der Waals surface area contributed by atoms with Crippen LogP contribution in [0.5, 0.6) is 0 Å². The Labute approximate surface area is 147 Å². The zero-order valence-electron chi connectivity index (χ0n) is 12.7. The fraction of sp³-hybridized carbons (Fsp3) is 0.118. The molecule has 2 amide bonds. The number of thiazole rings is 1. The Kier molecular flexibility index (Phi) is 4.51. The van der Waals surface area contributed by atoms with Gasteiger partial charge in [-0.25, -0.2) is 4.98 Å². The van der Waals surface area contributed by atoms with Crippen molar-refractivity contribution in [3.8, 4) is 0 Å². The van der Waals surface area contributed by atoms with Gasteiger partial charge in [-0.05, 0) is 42.8 Å². The number of hydrogen-bond acceptors (Lipinski definition) is 4. The molecule has 0 radical (unpaired) electrons. The summed E-state index contributed by atoms with van der Waals surface area (Å²) in [4.78, 5) is 27.8. The van der Waals surface area contributed by atoms with Gasteiger partial charge in [-0.1, -0.05) is 23.7 Å². The summed E-state index contributed by atoms with van der Waals surface area (Å²) in [6, 6.07) is 11.9. The molecular formula is C17H14ClN3O2S. The summed E-state index contributed by atoms with van der Waals surface area (Å²) in [6.07, 6.45) is 0. The number of nitrogens with one attached hydrogen (secondary N) is 1. The molecule has 122 valence electrons. The van der Waals surface area contributed by atoms with Crippen LogP contribution >= 0.6 is 22.9 Å². The van der Waals surface area contributed by atoms with Gasteiger partial charge in [0.15, 0.2) is 5.01 Å². The predicted molar refractivity (Wildman–Crippen MR) is 95.5 cm³/mol. The predicted octanol–water partition coefficient (Wildman–Crippen LogP) is 3.54. The number of aromatic nitrogens is 1. The normalized spacial score (nSPS) is 12.1. The van der Waals surface area contributed by atoms with Crippen molar-refractivity contribution < 1.29 is 9.59 Å². The van der Waals surface area contributed by atoms with Gasteiger partial charge in [-0.15, -0.1) is 11.3 Å². The average molecular weight is 360 g/mol. The van der Waals surface area contributed by atoms with Crippen LogP contribution < -0.4 is 11.1 Å². The molecule has 0 saturated heterocycles. The molecule has 24 heavy (non-hydrogen) atoms. The quantitative estimate of drug-likeness (QED) is 0.747. The molecule has 0 saturated carbocycles. The summed E-state index contributed by atoms with van der Waals surface area (Å²) in [5, 5.41) is 3.89. The minimum absolute atomic E-state index is 0.227. The lowest BCUT2D eigenvalue weighted by Gasteiger charge is -2.13. The van der Waals surface area contributed by atoms with Gasteiger partial charge in [0.2, 0.25) is 5.91 Å². The van der Waals surface area contributed by atoms with Crippen molar-refractivity contribution in [1.82, 2.24) is 10.3 Å². The lowest BCUT2D eigenvalue weighted by molar-refractivity contribution is 0.0938. The number of rotatable bonds is 4. The molecule has 1 atom stereocenters. The van der Waals surface area contributed by atoms with Gasteiger partial charge in [-0.3, -0.25) is 9.59 Å². The van der Waals surface area contributed by atoms with Crippen LogP contribution in [0.1, 0.15) is 38.7 Å². The number of amides is 2. The van der Waals surface area contributed by atoms with E-state index >= 15 is 0 Å². The lowest BCUT2D eigenvalue weighted by Crippen LogP contribution is -2.26. The second-order valence-corrected chi connectivity index (χ2v) is 6.78. The second-order valence-electron chi connectivity index (χ2n) is 5.31. The molecule has 0 spiro atoms. The highest BCUT2D eigenvalue weighted by Crippen LogP contribution is 2.25. The van der Waals surface area contributed by atoms with Crippen LogP contribution in [-0.4, -0.2) is 16.8 Å². The third-order valence-electron chi connectivity index (χ3n) is 3.59. The molecule has 0 aliphatic heterocycles. The van der Waals surface area contributed by atoms with E-state index < -0.39 is 5.91 Å². The van der Waals surface area contributed by atoms with Gasteiger partial charge in [0.1, 0.15) is 0 Å². The number of hydrogen-bond donors (Lipinski definition) is 2. The standard InChI is InChI=1S/C17H14ClN3O2S/c1-9(10-2-4-11(5-3-10)15(19)22)20-16(23)17-21-13-7-6-12(18)8-14(13)24-17/h2-9H,1H3,(H2,19,22)(H,20,23). The molecule has 3 N–H and O–H groups in total. The summed E-state index contributed by atoms with van der Waals surface area (Å²) in [5.74, 6) is -0.731. The van der Waals surface area contributed by atoms with E-state index in [4.69, 9.17) is 17.3 Å². The van der Waals surface area contributed by atoms with Crippen molar-refractivity contribution >= 4 is 45.0 Å². The maximum absolute atomic E-state index is 12.4. The van der Waals surface area contributed by atoms with Crippen molar-refractivity contribution in [3.05, 3.63) is 63.6 Å². The van der Waals surface area contributed by atoms with E-state index in [-0.39, 0.29) is 11.9 Å². The van der Waals surface area contributed by atoms with Gasteiger partial charge in [0.05, 0.1) is 16.3 Å². The van der Waals surface area contributed by atoms with Crippen LogP contribution in [0.25, 0.3) is 10.2 Å². The molecular weight excluding hydrogens is 346 g/mol. The molecule has 0 fully saturated rings. The van der Waals surface area contributed by atoms with Crippen LogP contribution in [0.2, 0.25) is 5.02 Å². The maximum atomic E-state index is 12.4. The van der Waals surface area contributed by atoms with Crippen molar-refractivity contribution in [1.29, 1.82) is 0 Å². The fourth-order valence-electron chi connectivity index (χ4n) is 2.27. The average Bonchev–Trinajstić information content (AvgIpc) is 2.98. The van der Waals surface area contributed by atoms with Crippen LogP contribution in [0.3, 0.4) is 0 Å². The van der Waals surface area contributed by atoms with E-state index in [9.17, 15) is 9.59 Å². The number of carbonyl (C=O) groups excluding carboxylic acids is 2. The van der Waals surface area contributed by atoms with Crippen molar-refractivity contribution in [2.24, 2.45) is 5.73 Å². The summed E-state index contributed by atoms with van der Waals surface area (Å²) in [5.41, 5.74) is 7.27. The molecule has 2 aromatic carbocycles. The highest BCUT2D eigenvalue weighted by molar-refractivity contribution is 7.20. The first-order valence-corrected chi connectivity index (χ1v) is 8.40. The Hall–Kier alpha value is -2.44. The van der Waals surface area contributed by atoms with Gasteiger partial charge < -0.3 is 11.1 Å². The topological polar surface area (TPSA) is 85.1 Å². The molecule has 3 aromatic rings. The Morgan fingerprint density at radius 2 is 1.92 bits per heavy atom. The van der Waals surface area contributed by atoms with Gasteiger partial charge in [0, 0.05) is 10.6 Å². The minimum atomic E-state index is -0.480. The third kappa shape index (κ3) is 3.39. The first-order valence-electron chi connectivity index (χ1n) is 7.21. The first kappa shape index (κ1) is 16.4. The van der Waals surface area contributed by atoms with E-state index in [1.54, 1.807) is 42.5 Å². The van der Waals surface area contributed by atoms with E-state index in [2.05, 4.69) is 10.3 Å². The summed E-state index contributed by atoms with van der Waals surface area (Å²) in [7, 11) is 0. The van der Waals surface area contributed by atoms with Crippen molar-refractivity contribution in [2.45, 2.75) is 13.0 Å². The van der Waals surface area contributed by atoms with Crippen LogP contribution in [-0.2, 0) is 0 Å². The minimum Gasteiger partial charge on any atom is -0.366 e. The van der Waals surface area contributed by atoms with E-state index in [0.717, 1.165) is 15.8 Å². The van der Waals surface area contributed by atoms with Gasteiger partial charge >= 0.3 is 0 Å². The largest absolute Gasteiger partial charge is 0.366 e. The number of nitrogens with two attached hydrogens (primary N) is 1. The van der Waals surface area contributed by atoms with Gasteiger partial charge in [0.25, 0.3) is 5.91 Å². The fourth-order valence-corrected chi connectivity index (χ4v) is 3.42. The first-order chi connectivity index (χ1) is 11.4. The Balaban J connectivity index is 1.76. The number of nitrogens with zero attached hydrogens (tertiary/aromatic N) is 1. The summed E-state index contributed by atoms with van der Waals surface area (Å²) >= 11 is 7.25. The maximum Gasteiger partial charge on any atom is 0.280 e. The number of benzene rings is 2. The second kappa shape index (κ2) is 6.59. The molecule has 1 heterocycles. The Morgan fingerprint density at radius 1 is 1.21 bits per heavy atom. The molecule has 7 heteroatoms. The zero-order valence-corrected chi connectivity index (χ0v) is 14.3. The molecule has 5 nitrogen and oxygen atoms in total. The van der Waals surface area contributed by atoms with Crippen LogP contribution in [0.4, 0.5) is 0 Å². The SMILES string of the molecule is CC(NC(=O)c1nc2ccc(Cl)cc2s1)c1ccc(C(N)=O)cc1. The highest BCUT2D eigenvalue weighted by Gasteiger charge is 2.16. The molecule has 1 aromatic heterocycles. The number of carbonyl (C=O) groups is 2. The molecule has 1 unspecified atom stereocenters. The van der Waals surface area contributed by atoms with Gasteiger partial charge in [-0.2, -0.15) is 0 Å². The molecule has 3 rings (SSSR count). The van der Waals surface area contributed by atoms with Crippen molar-refractivity contribution in [3.63, 3.8) is 0 Å².